The summed E-state index contributed by atoms with van der Waals surface area (Å²) in [6.45, 7) is -0.0293. The maximum Gasteiger partial charge on any atom is 0.407 e. The van der Waals surface area contributed by atoms with Crippen molar-refractivity contribution in [1.82, 2.24) is 10.3 Å². The number of fused-ring (bicyclic) bond motifs is 3. The number of amides is 1. The molecule has 0 aliphatic heterocycles. The maximum absolute atomic E-state index is 12.2. The fraction of sp³-hybridized carbons (Fsp3) is 0.217. The highest BCUT2D eigenvalue weighted by Crippen LogP contribution is 2.44. The molecule has 1 aromatic heterocycles. The number of aromatic nitrogens is 1. The summed E-state index contributed by atoms with van der Waals surface area (Å²) in [4.78, 5) is 25.5. The molecule has 7 nitrogen and oxygen atoms in total. The molecule has 30 heavy (non-hydrogen) atoms. The van der Waals surface area contributed by atoms with Crippen LogP contribution in [0.3, 0.4) is 0 Å². The van der Waals surface area contributed by atoms with E-state index in [0.29, 0.717) is 17.5 Å². The molecule has 0 radical (unpaired) electrons. The van der Waals surface area contributed by atoms with Crippen LogP contribution in [0.4, 0.5) is 4.79 Å². The van der Waals surface area contributed by atoms with Crippen molar-refractivity contribution in [3.8, 4) is 11.1 Å². The molecule has 3 aromatic rings. The topological polar surface area (TPSA) is 112 Å². The third-order valence-corrected chi connectivity index (χ3v) is 5.36. The average molecular weight is 406 g/mol. The van der Waals surface area contributed by atoms with Crippen LogP contribution in [0.1, 0.15) is 39.2 Å². The van der Waals surface area contributed by atoms with Crippen LogP contribution in [-0.4, -0.2) is 46.8 Å². The number of ether oxygens (including phenoxy) is 1. The minimum absolute atomic E-state index is 0.0553. The fourth-order valence-electron chi connectivity index (χ4n) is 3.84. The van der Waals surface area contributed by atoms with Crippen molar-refractivity contribution in [2.45, 2.75) is 18.1 Å². The van der Waals surface area contributed by atoms with Crippen LogP contribution in [0.25, 0.3) is 11.1 Å². The second-order valence-corrected chi connectivity index (χ2v) is 7.22. The summed E-state index contributed by atoms with van der Waals surface area (Å²) in [5, 5.41) is 22.7. The Hall–Kier alpha value is -3.42. The number of aliphatic hydroxyl groups excluding tert-OH is 2. The molecule has 2 unspecified atom stereocenters. The van der Waals surface area contributed by atoms with Crippen molar-refractivity contribution in [2.24, 2.45) is 0 Å². The largest absolute Gasteiger partial charge is 0.449 e. The number of carbonyl (C=O) groups excluding carboxylic acids is 2. The number of hydrogen-bond donors (Lipinski definition) is 4. The van der Waals surface area contributed by atoms with E-state index < -0.39 is 18.3 Å². The molecule has 4 rings (SSSR count). The average Bonchev–Trinajstić information content (AvgIpc) is 3.38. The van der Waals surface area contributed by atoms with Crippen molar-refractivity contribution < 1.29 is 24.5 Å². The molecule has 7 heteroatoms. The summed E-state index contributed by atoms with van der Waals surface area (Å²) >= 11 is 0. The Bertz CT molecular complexity index is 1020. The first kappa shape index (κ1) is 19.9. The molecule has 4 N–H and O–H groups in total. The predicted octanol–water partition coefficient (Wildman–Crippen LogP) is 2.76. The predicted molar refractivity (Wildman–Crippen MR) is 110 cm³/mol. The molecule has 154 valence electrons. The van der Waals surface area contributed by atoms with Crippen LogP contribution in [0.2, 0.25) is 0 Å². The number of nitrogens with one attached hydrogen (secondary N) is 2. The summed E-state index contributed by atoms with van der Waals surface area (Å²) in [7, 11) is 0. The van der Waals surface area contributed by atoms with E-state index in [-0.39, 0.29) is 19.1 Å². The second-order valence-electron chi connectivity index (χ2n) is 7.22. The van der Waals surface area contributed by atoms with Gasteiger partial charge in [-0.25, -0.2) is 4.79 Å². The van der Waals surface area contributed by atoms with Gasteiger partial charge in [0.15, 0.2) is 6.29 Å². The Morgan fingerprint density at radius 1 is 1.10 bits per heavy atom. The Labute approximate surface area is 173 Å². The highest BCUT2D eigenvalue weighted by molar-refractivity contribution is 5.79. The standard InChI is InChI=1S/C23H22N2O5/c26-12-15-9-14(10-24-15)22(28)21(27)11-25-23(29)30-13-20-18-7-3-1-5-16(18)17-6-2-4-8-19(17)20/h1-10,12,20-22,24,27-28H,11,13H2,(H,25,29). The minimum Gasteiger partial charge on any atom is -0.449 e. The third-order valence-electron chi connectivity index (χ3n) is 5.36. The van der Waals surface area contributed by atoms with E-state index in [4.69, 9.17) is 4.74 Å². The molecule has 0 fully saturated rings. The Kier molecular flexibility index (Phi) is 5.65. The van der Waals surface area contributed by atoms with E-state index in [2.05, 4.69) is 22.4 Å². The lowest BCUT2D eigenvalue weighted by Crippen LogP contribution is -2.36. The fourth-order valence-corrected chi connectivity index (χ4v) is 3.84. The zero-order valence-electron chi connectivity index (χ0n) is 16.1. The first-order chi connectivity index (χ1) is 14.6. The quantitative estimate of drug-likeness (QED) is 0.451. The van der Waals surface area contributed by atoms with Crippen molar-refractivity contribution in [2.75, 3.05) is 13.2 Å². The van der Waals surface area contributed by atoms with E-state index >= 15 is 0 Å². The highest BCUT2D eigenvalue weighted by Gasteiger charge is 2.29. The number of aliphatic hydroxyl groups is 2. The molecule has 2 aromatic carbocycles. The van der Waals surface area contributed by atoms with Gasteiger partial charge in [0.05, 0.1) is 5.69 Å². The molecule has 2 atom stereocenters. The lowest BCUT2D eigenvalue weighted by atomic mass is 9.98. The van der Waals surface area contributed by atoms with Crippen LogP contribution < -0.4 is 5.32 Å². The van der Waals surface area contributed by atoms with Gasteiger partial charge in [0.25, 0.3) is 0 Å². The van der Waals surface area contributed by atoms with E-state index in [1.54, 1.807) is 0 Å². The number of benzene rings is 2. The Morgan fingerprint density at radius 2 is 1.73 bits per heavy atom. The Morgan fingerprint density at radius 3 is 2.33 bits per heavy atom. The monoisotopic (exact) mass is 406 g/mol. The number of H-pyrrole nitrogens is 1. The summed E-state index contributed by atoms with van der Waals surface area (Å²) in [5.41, 5.74) is 5.16. The smallest absolute Gasteiger partial charge is 0.407 e. The van der Waals surface area contributed by atoms with E-state index in [1.165, 1.54) is 12.3 Å². The van der Waals surface area contributed by atoms with Gasteiger partial charge < -0.3 is 25.3 Å². The van der Waals surface area contributed by atoms with E-state index in [9.17, 15) is 19.8 Å². The molecule has 1 aliphatic carbocycles. The lowest BCUT2D eigenvalue weighted by molar-refractivity contribution is 0.0186. The molecule has 1 aliphatic rings. The first-order valence-corrected chi connectivity index (χ1v) is 9.67. The van der Waals surface area contributed by atoms with Gasteiger partial charge in [-0.05, 0) is 28.3 Å². The number of aldehydes is 1. The van der Waals surface area contributed by atoms with Crippen LogP contribution in [-0.2, 0) is 4.74 Å². The van der Waals surface area contributed by atoms with Gasteiger partial charge in [-0.1, -0.05) is 48.5 Å². The van der Waals surface area contributed by atoms with Gasteiger partial charge >= 0.3 is 6.09 Å². The van der Waals surface area contributed by atoms with Gasteiger partial charge in [-0.3, -0.25) is 4.79 Å². The van der Waals surface area contributed by atoms with E-state index in [1.807, 2.05) is 36.4 Å². The number of aromatic amines is 1. The van der Waals surface area contributed by atoms with Gasteiger partial charge in [0, 0.05) is 24.2 Å². The van der Waals surface area contributed by atoms with Crippen molar-refractivity contribution in [3.63, 3.8) is 0 Å². The number of rotatable bonds is 7. The third kappa shape index (κ3) is 3.85. The first-order valence-electron chi connectivity index (χ1n) is 9.67. The molecular weight excluding hydrogens is 384 g/mol. The zero-order valence-corrected chi connectivity index (χ0v) is 16.1. The zero-order chi connectivity index (χ0) is 21.1. The van der Waals surface area contributed by atoms with Crippen molar-refractivity contribution in [3.05, 3.63) is 83.2 Å². The van der Waals surface area contributed by atoms with Gasteiger partial charge in [-0.15, -0.1) is 0 Å². The molecule has 0 spiro atoms. The molecule has 1 amide bonds. The molecule has 1 heterocycles. The molecule has 0 bridgehead atoms. The van der Waals surface area contributed by atoms with Crippen molar-refractivity contribution >= 4 is 12.4 Å². The van der Waals surface area contributed by atoms with Crippen LogP contribution >= 0.6 is 0 Å². The summed E-state index contributed by atoms with van der Waals surface area (Å²) in [5.74, 6) is -0.0553. The highest BCUT2D eigenvalue weighted by atomic mass is 16.5. The maximum atomic E-state index is 12.2. The summed E-state index contributed by atoms with van der Waals surface area (Å²) < 4.78 is 5.40. The van der Waals surface area contributed by atoms with Crippen LogP contribution in [0.5, 0.6) is 0 Å². The van der Waals surface area contributed by atoms with E-state index in [0.717, 1.165) is 22.3 Å². The Balaban J connectivity index is 1.33. The molecule has 0 saturated heterocycles. The summed E-state index contributed by atoms with van der Waals surface area (Å²) in [6, 6.07) is 17.5. The number of hydrogen-bond acceptors (Lipinski definition) is 5. The second kappa shape index (κ2) is 8.52. The van der Waals surface area contributed by atoms with Crippen LogP contribution in [0, 0.1) is 0 Å². The minimum atomic E-state index is -1.25. The normalized spacial score (nSPS) is 14.5. The van der Waals surface area contributed by atoms with Gasteiger partial charge in [0.2, 0.25) is 0 Å². The van der Waals surface area contributed by atoms with Crippen LogP contribution in [0.15, 0.2) is 60.8 Å². The SMILES string of the molecule is O=Cc1cc(C(O)C(O)CNC(=O)OCC2c3ccccc3-c3ccccc32)c[nH]1. The number of carbonyl (C=O) groups is 2. The van der Waals surface area contributed by atoms with Gasteiger partial charge in [0.1, 0.15) is 18.8 Å². The molecular formula is C23H22N2O5. The van der Waals surface area contributed by atoms with Crippen molar-refractivity contribution in [1.29, 1.82) is 0 Å². The summed E-state index contributed by atoms with van der Waals surface area (Å²) in [6.07, 6.45) is -1.13. The lowest BCUT2D eigenvalue weighted by Gasteiger charge is -2.18. The number of alkyl carbamates (subject to hydrolysis) is 1. The van der Waals surface area contributed by atoms with Gasteiger partial charge in [-0.2, -0.15) is 0 Å². The molecule has 0 saturated carbocycles.